The maximum absolute atomic E-state index is 12.6. The van der Waals surface area contributed by atoms with E-state index in [1.165, 1.54) is 16.7 Å². The third-order valence-electron chi connectivity index (χ3n) is 8.62. The fraction of sp³-hybridized carbons (Fsp3) is 0.424. The molecular formula is C33H40N4O5. The molecule has 2 aromatic carbocycles. The highest BCUT2D eigenvalue weighted by molar-refractivity contribution is 5.89. The number of benzene rings is 2. The van der Waals surface area contributed by atoms with Crippen molar-refractivity contribution < 1.29 is 23.7 Å². The highest BCUT2D eigenvalue weighted by Crippen LogP contribution is 2.55. The molecular weight excluding hydrogens is 532 g/mol. The van der Waals surface area contributed by atoms with Crippen LogP contribution < -0.4 is 19.5 Å². The lowest BCUT2D eigenvalue weighted by Crippen LogP contribution is -2.44. The number of hydrogen-bond acceptors (Lipinski definition) is 7. The number of nitrogens with zero attached hydrogens (tertiary/aromatic N) is 2. The van der Waals surface area contributed by atoms with Gasteiger partial charge in [-0.1, -0.05) is 18.2 Å². The average molecular weight is 573 g/mol. The van der Waals surface area contributed by atoms with Gasteiger partial charge in [-0.05, 0) is 82.0 Å². The van der Waals surface area contributed by atoms with Crippen molar-refractivity contribution in [3.63, 3.8) is 0 Å². The molecule has 1 spiro atoms. The predicted octanol–water partition coefficient (Wildman–Crippen LogP) is 4.76. The molecule has 3 aliphatic rings. The number of nitrogens with one attached hydrogen (secondary N) is 2. The van der Waals surface area contributed by atoms with Crippen LogP contribution in [-0.2, 0) is 23.1 Å². The summed E-state index contributed by atoms with van der Waals surface area (Å²) in [5, 5.41) is 3.81. The monoisotopic (exact) mass is 572 g/mol. The minimum atomic E-state index is -0.509. The van der Waals surface area contributed by atoms with E-state index in [4.69, 9.17) is 18.9 Å². The third-order valence-corrected chi connectivity index (χ3v) is 8.62. The Kier molecular flexibility index (Phi) is 7.88. The number of fused-ring (bicyclic) bond motifs is 1. The topological polar surface area (TPSA) is 88.3 Å². The number of carbonyl (C=O) groups excluding carboxylic acids is 1. The quantitative estimate of drug-likeness (QED) is 0.358. The zero-order valence-corrected chi connectivity index (χ0v) is 24.8. The van der Waals surface area contributed by atoms with Gasteiger partial charge in [0.05, 0.1) is 12.5 Å². The first kappa shape index (κ1) is 28.2. The SMILES string of the molecule is COc1ccc2c3c1O[C@@H]1C[C@H](OC(=O)N/C=C/COc4cccc5[nH]cc(CCN(C)C)c45)C=C[C@]31CCN(C)C2. The molecule has 2 N–H and O–H groups in total. The summed E-state index contributed by atoms with van der Waals surface area (Å²) in [5.74, 6) is 2.40. The first-order chi connectivity index (χ1) is 20.4. The van der Waals surface area contributed by atoms with E-state index < -0.39 is 6.09 Å². The summed E-state index contributed by atoms with van der Waals surface area (Å²) in [5.41, 5.74) is 4.52. The molecule has 3 aromatic rings. The van der Waals surface area contributed by atoms with E-state index in [9.17, 15) is 4.79 Å². The van der Waals surface area contributed by atoms with Crippen molar-refractivity contribution in [3.05, 3.63) is 77.6 Å². The number of carbonyl (C=O) groups is 1. The lowest BCUT2D eigenvalue weighted by molar-refractivity contribution is 0.0620. The molecule has 3 atom stereocenters. The summed E-state index contributed by atoms with van der Waals surface area (Å²) in [6.45, 7) is 3.09. The van der Waals surface area contributed by atoms with E-state index in [-0.39, 0.29) is 17.6 Å². The van der Waals surface area contributed by atoms with Gasteiger partial charge in [0.2, 0.25) is 0 Å². The second-order valence-corrected chi connectivity index (χ2v) is 11.7. The first-order valence-corrected chi connectivity index (χ1v) is 14.6. The second-order valence-electron chi connectivity index (χ2n) is 11.7. The minimum Gasteiger partial charge on any atom is -0.493 e. The van der Waals surface area contributed by atoms with Gasteiger partial charge in [0.15, 0.2) is 11.5 Å². The van der Waals surface area contributed by atoms with Crippen LogP contribution in [0.25, 0.3) is 10.9 Å². The molecule has 0 saturated heterocycles. The highest BCUT2D eigenvalue weighted by Gasteiger charge is 2.53. The van der Waals surface area contributed by atoms with Crippen LogP contribution in [0, 0.1) is 0 Å². The lowest BCUT2D eigenvalue weighted by atomic mass is 9.69. The summed E-state index contributed by atoms with van der Waals surface area (Å²) in [4.78, 5) is 20.5. The number of alkyl carbamates (subject to hydrolysis) is 1. The summed E-state index contributed by atoms with van der Waals surface area (Å²) < 4.78 is 24.0. The molecule has 222 valence electrons. The van der Waals surface area contributed by atoms with Crippen LogP contribution in [0.2, 0.25) is 0 Å². The summed E-state index contributed by atoms with van der Waals surface area (Å²) >= 11 is 0. The minimum absolute atomic E-state index is 0.125. The van der Waals surface area contributed by atoms with Gasteiger partial charge >= 0.3 is 6.09 Å². The fourth-order valence-electron chi connectivity index (χ4n) is 6.52. The number of rotatable bonds is 9. The van der Waals surface area contributed by atoms with Crippen LogP contribution in [0.15, 0.2) is 61.0 Å². The third kappa shape index (κ3) is 5.34. The van der Waals surface area contributed by atoms with E-state index in [2.05, 4.69) is 65.6 Å². The van der Waals surface area contributed by atoms with Gasteiger partial charge in [-0.15, -0.1) is 0 Å². The number of hydrogen-bond donors (Lipinski definition) is 2. The average Bonchev–Trinajstić information content (AvgIpc) is 3.50. The van der Waals surface area contributed by atoms with Gasteiger partial charge in [0, 0.05) is 48.4 Å². The van der Waals surface area contributed by atoms with Crippen LogP contribution in [-0.4, -0.2) is 81.0 Å². The number of likely N-dealkylation sites (N-methyl/N-ethyl adjacent to an activating group) is 1. The van der Waals surface area contributed by atoms with Crippen molar-refractivity contribution in [3.8, 4) is 17.2 Å². The Morgan fingerprint density at radius 3 is 2.98 bits per heavy atom. The van der Waals surface area contributed by atoms with Crippen LogP contribution in [0.1, 0.15) is 29.5 Å². The maximum atomic E-state index is 12.6. The van der Waals surface area contributed by atoms with E-state index >= 15 is 0 Å². The van der Waals surface area contributed by atoms with E-state index in [0.717, 1.165) is 60.6 Å². The number of methoxy groups -OCH3 is 1. The molecule has 0 fully saturated rings. The van der Waals surface area contributed by atoms with Gasteiger partial charge in [0.1, 0.15) is 24.6 Å². The lowest BCUT2D eigenvalue weighted by Gasteiger charge is -2.36. The molecule has 6 rings (SSSR count). The number of amides is 1. The van der Waals surface area contributed by atoms with Crippen LogP contribution in [0.4, 0.5) is 4.79 Å². The Balaban J connectivity index is 1.06. The number of H-pyrrole nitrogens is 1. The molecule has 42 heavy (non-hydrogen) atoms. The maximum Gasteiger partial charge on any atom is 0.411 e. The van der Waals surface area contributed by atoms with Gasteiger partial charge in [-0.2, -0.15) is 0 Å². The molecule has 9 nitrogen and oxygen atoms in total. The van der Waals surface area contributed by atoms with Crippen LogP contribution in [0.5, 0.6) is 17.2 Å². The number of aromatic nitrogens is 1. The molecule has 3 heterocycles. The normalized spacial score (nSPS) is 23.0. The van der Waals surface area contributed by atoms with E-state index in [0.29, 0.717) is 13.0 Å². The van der Waals surface area contributed by atoms with Gasteiger partial charge in [-0.3, -0.25) is 5.32 Å². The van der Waals surface area contributed by atoms with Gasteiger partial charge in [0.25, 0.3) is 0 Å². The summed E-state index contributed by atoms with van der Waals surface area (Å²) in [7, 11) is 7.96. The number of ether oxygens (including phenoxy) is 4. The van der Waals surface area contributed by atoms with Crippen molar-refractivity contribution in [2.75, 3.05) is 47.9 Å². The Bertz CT molecular complexity index is 1510. The standard InChI is InChI=1S/C33H40N4O5/c1-36(2)16-12-22-20-35-25-7-5-8-26(29(22)25)40-18-6-15-34-32(38)41-24-11-13-33-14-17-37(3)21-23-9-10-27(39-4)31(30(23)33)42-28(33)19-24/h5-11,13,15,20,24,28,35H,12,14,16-19,21H2,1-4H3,(H,34,38)/b15-6+/t24-,28-,33-/m1/s1. The van der Waals surface area contributed by atoms with E-state index in [1.54, 1.807) is 19.4 Å². The van der Waals surface area contributed by atoms with Crippen molar-refractivity contribution in [2.45, 2.75) is 43.4 Å². The molecule has 0 saturated carbocycles. The first-order valence-electron chi connectivity index (χ1n) is 14.6. The van der Waals surface area contributed by atoms with Crippen LogP contribution in [0.3, 0.4) is 0 Å². The molecule has 1 aliphatic carbocycles. The van der Waals surface area contributed by atoms with Crippen molar-refractivity contribution in [1.29, 1.82) is 0 Å². The molecule has 0 unspecified atom stereocenters. The predicted molar refractivity (Wildman–Crippen MR) is 162 cm³/mol. The summed E-state index contributed by atoms with van der Waals surface area (Å²) in [6.07, 6.45) is 11.0. The van der Waals surface area contributed by atoms with Gasteiger partial charge in [-0.25, -0.2) is 4.79 Å². The zero-order chi connectivity index (χ0) is 29.3. The van der Waals surface area contributed by atoms with Crippen molar-refractivity contribution in [2.24, 2.45) is 0 Å². The largest absolute Gasteiger partial charge is 0.493 e. The van der Waals surface area contributed by atoms with Gasteiger partial charge < -0.3 is 33.7 Å². The fourth-order valence-corrected chi connectivity index (χ4v) is 6.52. The second kappa shape index (κ2) is 11.7. The smallest absolute Gasteiger partial charge is 0.411 e. The van der Waals surface area contributed by atoms with Crippen molar-refractivity contribution in [1.82, 2.24) is 20.1 Å². The molecule has 2 aliphatic heterocycles. The molecule has 1 aromatic heterocycles. The molecule has 1 amide bonds. The van der Waals surface area contributed by atoms with Crippen molar-refractivity contribution >= 4 is 17.0 Å². The Morgan fingerprint density at radius 1 is 1.26 bits per heavy atom. The zero-order valence-electron chi connectivity index (χ0n) is 24.8. The van der Waals surface area contributed by atoms with Crippen LogP contribution >= 0.6 is 0 Å². The Hall–Kier alpha value is -3.95. The highest BCUT2D eigenvalue weighted by atomic mass is 16.6. The summed E-state index contributed by atoms with van der Waals surface area (Å²) in [6, 6.07) is 10.1. The Morgan fingerprint density at radius 2 is 2.14 bits per heavy atom. The van der Waals surface area contributed by atoms with E-state index in [1.807, 2.05) is 24.3 Å². The Labute approximate surface area is 247 Å². The molecule has 0 radical (unpaired) electrons. The number of aromatic amines is 1. The molecule has 0 bridgehead atoms. The molecule has 9 heteroatoms.